The molecule has 24 heavy (non-hydrogen) atoms. The number of aliphatic hydroxyl groups is 1. The summed E-state index contributed by atoms with van der Waals surface area (Å²) in [5.74, 6) is -0.865. The van der Waals surface area contributed by atoms with Gasteiger partial charge in [0.2, 0.25) is 0 Å². The number of hydrogen-bond acceptors (Lipinski definition) is 5. The highest BCUT2D eigenvalue weighted by Crippen LogP contribution is 2.26. The summed E-state index contributed by atoms with van der Waals surface area (Å²) in [6.45, 7) is 4.82. The topological polar surface area (TPSA) is 83.8 Å². The summed E-state index contributed by atoms with van der Waals surface area (Å²) in [5.41, 5.74) is 0.603. The second-order valence-corrected chi connectivity index (χ2v) is 5.25. The quantitative estimate of drug-likeness (QED) is 0.603. The van der Waals surface area contributed by atoms with Crippen LogP contribution < -0.4 is 4.74 Å². The van der Waals surface area contributed by atoms with E-state index in [1.54, 1.807) is 30.3 Å². The Labute approximate surface area is 139 Å². The molecular formula is C19H18O5. The Morgan fingerprint density at radius 1 is 1.17 bits per heavy atom. The van der Waals surface area contributed by atoms with Crippen molar-refractivity contribution in [1.29, 1.82) is 0 Å². The predicted molar refractivity (Wildman–Crippen MR) is 89.3 cm³/mol. The molecule has 5 nitrogen and oxygen atoms in total. The molecule has 0 bridgehead atoms. The number of phenols is 1. The van der Waals surface area contributed by atoms with E-state index in [1.165, 1.54) is 25.1 Å². The maximum Gasteiger partial charge on any atom is 0.196 e. The van der Waals surface area contributed by atoms with Crippen molar-refractivity contribution in [3.8, 4) is 11.5 Å². The molecule has 0 saturated heterocycles. The van der Waals surface area contributed by atoms with Crippen molar-refractivity contribution >= 4 is 11.6 Å². The first kappa shape index (κ1) is 17.4. The minimum atomic E-state index is -1.35. The van der Waals surface area contributed by atoms with Gasteiger partial charge in [0.15, 0.2) is 17.7 Å². The van der Waals surface area contributed by atoms with Crippen LogP contribution in [0.2, 0.25) is 0 Å². The van der Waals surface area contributed by atoms with E-state index in [4.69, 9.17) is 4.74 Å². The van der Waals surface area contributed by atoms with E-state index < -0.39 is 18.0 Å². The zero-order chi connectivity index (χ0) is 17.7. The zero-order valence-electron chi connectivity index (χ0n) is 13.2. The molecule has 124 valence electrons. The van der Waals surface area contributed by atoms with Gasteiger partial charge in [0.1, 0.15) is 17.6 Å². The Morgan fingerprint density at radius 3 is 2.42 bits per heavy atom. The summed E-state index contributed by atoms with van der Waals surface area (Å²) in [5, 5.41) is 19.8. The van der Waals surface area contributed by atoms with Crippen molar-refractivity contribution < 1.29 is 24.5 Å². The third-order valence-corrected chi connectivity index (χ3v) is 3.51. The number of carbonyl (C=O) groups excluding carboxylic acids is 2. The van der Waals surface area contributed by atoms with Gasteiger partial charge in [0.25, 0.3) is 0 Å². The normalized spacial score (nSPS) is 12.9. The number of rotatable bonds is 7. The number of ketones is 2. The highest BCUT2D eigenvalue weighted by atomic mass is 16.5. The van der Waals surface area contributed by atoms with Crippen molar-refractivity contribution in [2.75, 3.05) is 0 Å². The van der Waals surface area contributed by atoms with Gasteiger partial charge < -0.3 is 14.9 Å². The van der Waals surface area contributed by atoms with E-state index in [2.05, 4.69) is 6.58 Å². The zero-order valence-corrected chi connectivity index (χ0v) is 13.2. The maximum absolute atomic E-state index is 12.3. The predicted octanol–water partition coefficient (Wildman–Crippen LogP) is 2.51. The average Bonchev–Trinajstić information content (AvgIpc) is 2.60. The molecule has 0 amide bonds. The number of aromatic hydroxyl groups is 1. The number of phenolic OH excluding ortho intramolecular Hbond substituents is 1. The fraction of sp³-hybridized carbons (Fsp3) is 0.158. The fourth-order valence-corrected chi connectivity index (χ4v) is 2.15. The Morgan fingerprint density at radius 2 is 1.83 bits per heavy atom. The summed E-state index contributed by atoms with van der Waals surface area (Å²) < 4.78 is 5.43. The van der Waals surface area contributed by atoms with Gasteiger partial charge in [-0.15, -0.1) is 0 Å². The molecule has 5 heteroatoms. The van der Waals surface area contributed by atoms with Crippen LogP contribution in [0.3, 0.4) is 0 Å². The smallest absolute Gasteiger partial charge is 0.196 e. The molecule has 2 unspecified atom stereocenters. The van der Waals surface area contributed by atoms with E-state index in [-0.39, 0.29) is 22.8 Å². The van der Waals surface area contributed by atoms with Gasteiger partial charge in [0, 0.05) is 11.6 Å². The molecule has 2 N–H and O–H groups in total. The lowest BCUT2D eigenvalue weighted by Gasteiger charge is -2.19. The van der Waals surface area contributed by atoms with Crippen LogP contribution in [0.1, 0.15) is 22.8 Å². The van der Waals surface area contributed by atoms with Crippen LogP contribution >= 0.6 is 0 Å². The first-order chi connectivity index (χ1) is 11.4. The molecule has 2 aromatic carbocycles. The lowest BCUT2D eigenvalue weighted by molar-refractivity contribution is -0.126. The van der Waals surface area contributed by atoms with Gasteiger partial charge in [-0.2, -0.15) is 0 Å². The van der Waals surface area contributed by atoms with Crippen LogP contribution in [0.15, 0.2) is 61.2 Å². The van der Waals surface area contributed by atoms with E-state index in [0.717, 1.165) is 6.08 Å². The van der Waals surface area contributed by atoms with Gasteiger partial charge in [0.05, 0.1) is 5.56 Å². The van der Waals surface area contributed by atoms with Crippen LogP contribution in [0.25, 0.3) is 0 Å². The summed E-state index contributed by atoms with van der Waals surface area (Å²) in [4.78, 5) is 23.7. The SMILES string of the molecule is C=CC(=O)C(O)C(C)Oc1ccc(C(=O)c2ccccc2)c(O)c1. The van der Waals surface area contributed by atoms with E-state index in [0.29, 0.717) is 5.56 Å². The van der Waals surface area contributed by atoms with Crippen molar-refractivity contribution in [3.63, 3.8) is 0 Å². The van der Waals surface area contributed by atoms with Gasteiger partial charge in [-0.3, -0.25) is 9.59 Å². The van der Waals surface area contributed by atoms with Gasteiger partial charge >= 0.3 is 0 Å². The summed E-state index contributed by atoms with van der Waals surface area (Å²) in [6, 6.07) is 12.8. The van der Waals surface area contributed by atoms with Crippen molar-refractivity contribution in [2.24, 2.45) is 0 Å². The van der Waals surface area contributed by atoms with Crippen molar-refractivity contribution in [3.05, 3.63) is 72.3 Å². The lowest BCUT2D eigenvalue weighted by Crippen LogP contribution is -2.34. The fourth-order valence-electron chi connectivity index (χ4n) is 2.15. The monoisotopic (exact) mass is 326 g/mol. The van der Waals surface area contributed by atoms with Crippen LogP contribution in [0.5, 0.6) is 11.5 Å². The molecule has 0 aliphatic carbocycles. The average molecular weight is 326 g/mol. The summed E-state index contributed by atoms with van der Waals surface area (Å²) >= 11 is 0. The Hall–Kier alpha value is -2.92. The van der Waals surface area contributed by atoms with E-state index in [9.17, 15) is 19.8 Å². The van der Waals surface area contributed by atoms with Crippen molar-refractivity contribution in [2.45, 2.75) is 19.1 Å². The highest BCUT2D eigenvalue weighted by molar-refractivity contribution is 6.10. The summed E-state index contributed by atoms with van der Waals surface area (Å²) in [7, 11) is 0. The molecular weight excluding hydrogens is 308 g/mol. The largest absolute Gasteiger partial charge is 0.507 e. The Kier molecular flexibility index (Phi) is 5.50. The minimum absolute atomic E-state index is 0.143. The van der Waals surface area contributed by atoms with Crippen LogP contribution in [-0.2, 0) is 4.79 Å². The second kappa shape index (κ2) is 7.57. The molecule has 2 rings (SSSR count). The van der Waals surface area contributed by atoms with Gasteiger partial charge in [-0.1, -0.05) is 36.9 Å². The Balaban J connectivity index is 2.17. The van der Waals surface area contributed by atoms with Crippen LogP contribution in [0, 0.1) is 0 Å². The molecule has 0 saturated carbocycles. The first-order valence-corrected chi connectivity index (χ1v) is 7.37. The van der Waals surface area contributed by atoms with Crippen LogP contribution in [-0.4, -0.2) is 34.0 Å². The van der Waals surface area contributed by atoms with Gasteiger partial charge in [-0.05, 0) is 25.1 Å². The molecule has 0 heterocycles. The number of aliphatic hydroxyl groups excluding tert-OH is 1. The first-order valence-electron chi connectivity index (χ1n) is 7.37. The molecule has 2 aromatic rings. The Bertz CT molecular complexity index is 752. The molecule has 0 aromatic heterocycles. The third-order valence-electron chi connectivity index (χ3n) is 3.51. The molecule has 0 radical (unpaired) electrons. The lowest BCUT2D eigenvalue weighted by atomic mass is 10.0. The molecule has 0 aliphatic heterocycles. The molecule has 2 atom stereocenters. The van der Waals surface area contributed by atoms with E-state index in [1.807, 2.05) is 0 Å². The number of hydrogen-bond donors (Lipinski definition) is 2. The highest BCUT2D eigenvalue weighted by Gasteiger charge is 2.22. The molecule has 0 aliphatic rings. The number of carbonyl (C=O) groups is 2. The van der Waals surface area contributed by atoms with Gasteiger partial charge in [-0.25, -0.2) is 0 Å². The summed E-state index contributed by atoms with van der Waals surface area (Å²) in [6.07, 6.45) is -1.16. The molecule has 0 fully saturated rings. The number of benzene rings is 2. The van der Waals surface area contributed by atoms with Crippen LogP contribution in [0.4, 0.5) is 0 Å². The second-order valence-electron chi connectivity index (χ2n) is 5.25. The molecule has 0 spiro atoms. The number of ether oxygens (including phenoxy) is 1. The minimum Gasteiger partial charge on any atom is -0.507 e. The third kappa shape index (κ3) is 3.88. The van der Waals surface area contributed by atoms with Crippen molar-refractivity contribution in [1.82, 2.24) is 0 Å². The maximum atomic E-state index is 12.3. The standard InChI is InChI=1S/C19H18O5/c1-3-16(20)18(22)12(2)24-14-9-10-15(17(21)11-14)19(23)13-7-5-4-6-8-13/h3-12,18,21-22H,1H2,2H3. The van der Waals surface area contributed by atoms with E-state index >= 15 is 0 Å².